The summed E-state index contributed by atoms with van der Waals surface area (Å²) in [6.45, 7) is 4.11. The lowest BCUT2D eigenvalue weighted by Gasteiger charge is -2.21. The van der Waals surface area contributed by atoms with Crippen molar-refractivity contribution in [2.24, 2.45) is 0 Å². The van der Waals surface area contributed by atoms with E-state index in [1.807, 2.05) is 26.0 Å². The molecule has 0 amide bonds. The van der Waals surface area contributed by atoms with E-state index in [-0.39, 0.29) is 6.61 Å². The quantitative estimate of drug-likeness (QED) is 0.817. The molecule has 0 aliphatic carbocycles. The number of anilines is 1. The molecule has 108 valence electrons. The van der Waals surface area contributed by atoms with Gasteiger partial charge < -0.3 is 19.7 Å². The monoisotopic (exact) mass is 277 g/mol. The third-order valence-corrected chi connectivity index (χ3v) is 3.29. The summed E-state index contributed by atoms with van der Waals surface area (Å²) >= 11 is 0. The number of methoxy groups -OCH3 is 1. The van der Waals surface area contributed by atoms with E-state index in [0.717, 1.165) is 6.42 Å². The minimum atomic E-state index is -0.543. The highest BCUT2D eigenvalue weighted by Gasteiger charge is 2.30. The van der Waals surface area contributed by atoms with Gasteiger partial charge in [-0.15, -0.1) is 0 Å². The van der Waals surface area contributed by atoms with Gasteiger partial charge in [-0.2, -0.15) is 4.98 Å². The third-order valence-electron chi connectivity index (χ3n) is 3.29. The van der Waals surface area contributed by atoms with E-state index in [2.05, 4.69) is 10.1 Å². The first-order valence-corrected chi connectivity index (χ1v) is 6.44. The number of rotatable bonds is 6. The Bertz CT molecular complexity index is 564. The van der Waals surface area contributed by atoms with Crippen LogP contribution in [0.1, 0.15) is 32.0 Å². The molecule has 1 aromatic carbocycles. The zero-order chi connectivity index (χ0) is 14.6. The fraction of sp³-hybridized carbons (Fsp3) is 0.429. The fourth-order valence-corrected chi connectivity index (χ4v) is 1.67. The van der Waals surface area contributed by atoms with Crippen LogP contribution in [0.2, 0.25) is 0 Å². The Morgan fingerprint density at radius 1 is 1.40 bits per heavy atom. The number of aromatic nitrogens is 2. The molecule has 2 N–H and O–H groups in total. The summed E-state index contributed by atoms with van der Waals surface area (Å²) in [4.78, 5) is 4.30. The molecule has 0 saturated heterocycles. The maximum absolute atomic E-state index is 5.68. The minimum absolute atomic E-state index is 0.194. The van der Waals surface area contributed by atoms with Gasteiger partial charge in [-0.25, -0.2) is 0 Å². The molecule has 6 heteroatoms. The average molecular weight is 277 g/mol. The van der Waals surface area contributed by atoms with Gasteiger partial charge in [0.1, 0.15) is 11.4 Å². The highest BCUT2D eigenvalue weighted by atomic mass is 16.5. The largest absolute Gasteiger partial charge is 0.484 e. The van der Waals surface area contributed by atoms with Gasteiger partial charge in [0.25, 0.3) is 5.89 Å². The molecule has 1 heterocycles. The lowest BCUT2D eigenvalue weighted by Crippen LogP contribution is -2.24. The Kier molecular flexibility index (Phi) is 4.24. The van der Waals surface area contributed by atoms with Crippen LogP contribution in [0.5, 0.6) is 5.75 Å². The van der Waals surface area contributed by atoms with E-state index in [4.69, 9.17) is 19.7 Å². The second kappa shape index (κ2) is 5.92. The fourth-order valence-electron chi connectivity index (χ4n) is 1.67. The molecular formula is C14H19N3O3. The Morgan fingerprint density at radius 2 is 2.20 bits per heavy atom. The lowest BCUT2D eigenvalue weighted by molar-refractivity contribution is -0.0106. The Balaban J connectivity index is 2.03. The van der Waals surface area contributed by atoms with Crippen molar-refractivity contribution in [3.8, 4) is 5.75 Å². The van der Waals surface area contributed by atoms with Crippen LogP contribution < -0.4 is 10.5 Å². The van der Waals surface area contributed by atoms with Crippen LogP contribution in [0, 0.1) is 0 Å². The molecule has 0 aliphatic rings. The van der Waals surface area contributed by atoms with Crippen LogP contribution in [-0.4, -0.2) is 17.3 Å². The van der Waals surface area contributed by atoms with Crippen molar-refractivity contribution in [2.45, 2.75) is 32.5 Å². The van der Waals surface area contributed by atoms with Crippen molar-refractivity contribution < 1.29 is 14.0 Å². The Labute approximate surface area is 117 Å². The van der Waals surface area contributed by atoms with Crippen molar-refractivity contribution in [1.82, 2.24) is 10.1 Å². The van der Waals surface area contributed by atoms with E-state index in [0.29, 0.717) is 23.2 Å². The van der Waals surface area contributed by atoms with Crippen LogP contribution in [0.3, 0.4) is 0 Å². The molecule has 0 aliphatic heterocycles. The second-order valence-corrected chi connectivity index (χ2v) is 4.66. The summed E-state index contributed by atoms with van der Waals surface area (Å²) in [7, 11) is 1.63. The number of nitrogens with two attached hydrogens (primary N) is 1. The predicted molar refractivity (Wildman–Crippen MR) is 74.1 cm³/mol. The summed E-state index contributed by atoms with van der Waals surface area (Å²) < 4.78 is 16.1. The van der Waals surface area contributed by atoms with Gasteiger partial charge in [-0.1, -0.05) is 18.1 Å². The van der Waals surface area contributed by atoms with Crippen molar-refractivity contribution in [1.29, 1.82) is 0 Å². The van der Waals surface area contributed by atoms with Crippen molar-refractivity contribution in [3.05, 3.63) is 36.0 Å². The van der Waals surface area contributed by atoms with Crippen molar-refractivity contribution in [2.75, 3.05) is 12.8 Å². The normalized spacial score (nSPS) is 13.9. The summed E-state index contributed by atoms with van der Waals surface area (Å²) in [5.41, 5.74) is 5.78. The standard InChI is InChI=1S/C14H19N3O3/c1-4-14(2,18-3)13-16-12(20-17-13)9-19-11-7-5-6-10(15)8-11/h5-8H,4,9,15H2,1-3H3. The number of hydrogen-bond acceptors (Lipinski definition) is 6. The van der Waals surface area contributed by atoms with E-state index in [9.17, 15) is 0 Å². The van der Waals surface area contributed by atoms with Gasteiger partial charge in [0.15, 0.2) is 6.61 Å². The number of nitrogen functional groups attached to an aromatic ring is 1. The Hall–Kier alpha value is -2.08. The van der Waals surface area contributed by atoms with E-state index >= 15 is 0 Å². The van der Waals surface area contributed by atoms with Crippen LogP contribution >= 0.6 is 0 Å². The summed E-state index contributed by atoms with van der Waals surface area (Å²) in [5.74, 6) is 1.59. The van der Waals surface area contributed by atoms with Gasteiger partial charge in [0.2, 0.25) is 5.82 Å². The smallest absolute Gasteiger partial charge is 0.264 e. The zero-order valence-electron chi connectivity index (χ0n) is 11.9. The van der Waals surface area contributed by atoms with Crippen LogP contribution in [0.4, 0.5) is 5.69 Å². The third kappa shape index (κ3) is 3.08. The van der Waals surface area contributed by atoms with Crippen LogP contribution in [0.15, 0.2) is 28.8 Å². The Morgan fingerprint density at radius 3 is 2.85 bits per heavy atom. The second-order valence-electron chi connectivity index (χ2n) is 4.66. The van der Waals surface area contributed by atoms with E-state index in [1.165, 1.54) is 0 Å². The first kappa shape index (κ1) is 14.3. The number of ether oxygens (including phenoxy) is 2. The molecule has 20 heavy (non-hydrogen) atoms. The van der Waals surface area contributed by atoms with Gasteiger partial charge in [-0.3, -0.25) is 0 Å². The predicted octanol–water partition coefficient (Wildman–Crippen LogP) is 2.50. The summed E-state index contributed by atoms with van der Waals surface area (Å²) in [6, 6.07) is 7.17. The SMILES string of the molecule is CCC(C)(OC)c1noc(COc2cccc(N)c2)n1. The highest BCUT2D eigenvalue weighted by molar-refractivity contribution is 5.43. The highest BCUT2D eigenvalue weighted by Crippen LogP contribution is 2.25. The van der Waals surface area contributed by atoms with Gasteiger partial charge in [0, 0.05) is 18.9 Å². The molecule has 1 atom stereocenters. The number of hydrogen-bond donors (Lipinski definition) is 1. The molecule has 6 nitrogen and oxygen atoms in total. The molecule has 0 fully saturated rings. The molecule has 1 unspecified atom stereocenters. The van der Waals surface area contributed by atoms with Gasteiger partial charge in [-0.05, 0) is 25.5 Å². The van der Waals surface area contributed by atoms with Crippen molar-refractivity contribution in [3.63, 3.8) is 0 Å². The first-order chi connectivity index (χ1) is 9.57. The van der Waals surface area contributed by atoms with E-state index < -0.39 is 5.60 Å². The lowest BCUT2D eigenvalue weighted by atomic mass is 10.0. The maximum atomic E-state index is 5.68. The number of nitrogens with zero attached hydrogens (tertiary/aromatic N) is 2. The average Bonchev–Trinajstić information content (AvgIpc) is 2.94. The zero-order valence-corrected chi connectivity index (χ0v) is 11.9. The van der Waals surface area contributed by atoms with Crippen molar-refractivity contribution >= 4 is 5.69 Å². The molecule has 0 radical (unpaired) electrons. The molecular weight excluding hydrogens is 258 g/mol. The molecule has 0 saturated carbocycles. The first-order valence-electron chi connectivity index (χ1n) is 6.44. The molecule has 1 aromatic heterocycles. The molecule has 0 spiro atoms. The summed E-state index contributed by atoms with van der Waals surface area (Å²) in [5, 5.41) is 3.94. The van der Waals surface area contributed by atoms with E-state index in [1.54, 1.807) is 19.2 Å². The number of benzene rings is 1. The topological polar surface area (TPSA) is 83.4 Å². The van der Waals surface area contributed by atoms with Gasteiger partial charge in [0.05, 0.1) is 0 Å². The van der Waals surface area contributed by atoms with Crippen LogP contribution in [0.25, 0.3) is 0 Å². The summed E-state index contributed by atoms with van der Waals surface area (Å²) in [6.07, 6.45) is 0.749. The minimum Gasteiger partial charge on any atom is -0.484 e. The van der Waals surface area contributed by atoms with Crippen LogP contribution in [-0.2, 0) is 16.9 Å². The molecule has 0 bridgehead atoms. The molecule has 2 rings (SSSR count). The molecule has 2 aromatic rings. The maximum Gasteiger partial charge on any atom is 0.264 e. The van der Waals surface area contributed by atoms with Gasteiger partial charge >= 0.3 is 0 Å².